The van der Waals surface area contributed by atoms with E-state index in [4.69, 9.17) is 14.5 Å². The van der Waals surface area contributed by atoms with Crippen molar-refractivity contribution in [1.29, 1.82) is 0 Å². The van der Waals surface area contributed by atoms with E-state index in [2.05, 4.69) is 61.3 Å². The van der Waals surface area contributed by atoms with E-state index in [1.165, 1.54) is 16.8 Å². The molecule has 0 amide bonds. The first-order chi connectivity index (χ1) is 13.5. The summed E-state index contributed by atoms with van der Waals surface area (Å²) in [6.45, 7) is 9.40. The van der Waals surface area contributed by atoms with Crippen LogP contribution in [0.4, 0.5) is 5.69 Å². The zero-order chi connectivity index (χ0) is 20.4. The van der Waals surface area contributed by atoms with Crippen molar-refractivity contribution >= 4 is 11.6 Å². The average Bonchev–Trinajstić information content (AvgIpc) is 2.69. The maximum atomic E-state index is 5.98. The van der Waals surface area contributed by atoms with Crippen LogP contribution in [-0.4, -0.2) is 71.0 Å². The molecule has 1 aliphatic heterocycles. The van der Waals surface area contributed by atoms with E-state index in [1.54, 1.807) is 7.11 Å². The fourth-order valence-corrected chi connectivity index (χ4v) is 3.41. The van der Waals surface area contributed by atoms with Gasteiger partial charge in [-0.1, -0.05) is 6.07 Å². The van der Waals surface area contributed by atoms with Crippen LogP contribution in [0.2, 0.25) is 0 Å². The van der Waals surface area contributed by atoms with Crippen molar-refractivity contribution in [3.8, 4) is 0 Å². The summed E-state index contributed by atoms with van der Waals surface area (Å²) in [5, 5.41) is 3.46. The number of benzene rings is 1. The third-order valence-electron chi connectivity index (χ3n) is 5.16. The third kappa shape index (κ3) is 6.99. The number of guanidine groups is 1. The van der Waals surface area contributed by atoms with Gasteiger partial charge in [0.05, 0.1) is 12.6 Å². The molecule has 1 heterocycles. The summed E-state index contributed by atoms with van der Waals surface area (Å²) in [5.41, 5.74) is 3.79. The number of likely N-dealkylation sites (tertiary alicyclic amines) is 1. The maximum Gasteiger partial charge on any atom is 0.194 e. The molecule has 1 N–H and O–H groups in total. The van der Waals surface area contributed by atoms with Gasteiger partial charge in [-0.15, -0.1) is 0 Å². The highest BCUT2D eigenvalue weighted by Gasteiger charge is 2.21. The van der Waals surface area contributed by atoms with Crippen LogP contribution < -0.4 is 10.2 Å². The maximum absolute atomic E-state index is 5.98. The lowest BCUT2D eigenvalue weighted by molar-refractivity contribution is 0.00990. The number of nitrogens with zero attached hydrogens (tertiary/aromatic N) is 3. The Hall–Kier alpha value is -1.79. The number of aliphatic imine (C=N–C) groups is 1. The van der Waals surface area contributed by atoms with E-state index in [1.807, 2.05) is 0 Å². The summed E-state index contributed by atoms with van der Waals surface area (Å²) in [6, 6.07) is 6.58. The molecule has 1 fully saturated rings. The van der Waals surface area contributed by atoms with Crippen molar-refractivity contribution in [3.63, 3.8) is 0 Å². The van der Waals surface area contributed by atoms with E-state index >= 15 is 0 Å². The lowest BCUT2D eigenvalue weighted by Gasteiger charge is -2.34. The minimum absolute atomic E-state index is 0.358. The smallest absolute Gasteiger partial charge is 0.194 e. The first-order valence-electron chi connectivity index (χ1n) is 10.5. The molecule has 6 heteroatoms. The second kappa shape index (κ2) is 11.9. The number of hydrogen-bond acceptors (Lipinski definition) is 4. The molecule has 0 radical (unpaired) electrons. The van der Waals surface area contributed by atoms with Crippen LogP contribution in [0.5, 0.6) is 0 Å². The summed E-state index contributed by atoms with van der Waals surface area (Å²) in [7, 11) is 5.87. The molecule has 0 aromatic heterocycles. The van der Waals surface area contributed by atoms with Crippen LogP contribution in [0.3, 0.4) is 0 Å². The summed E-state index contributed by atoms with van der Waals surface area (Å²) in [4.78, 5) is 9.41. The van der Waals surface area contributed by atoms with E-state index in [0.717, 1.165) is 58.1 Å². The van der Waals surface area contributed by atoms with E-state index < -0.39 is 0 Å². The fraction of sp³-hybridized carbons (Fsp3) is 0.682. The van der Waals surface area contributed by atoms with Crippen LogP contribution in [-0.2, 0) is 16.0 Å². The highest BCUT2D eigenvalue weighted by Crippen LogP contribution is 2.19. The van der Waals surface area contributed by atoms with Crippen LogP contribution in [0.25, 0.3) is 0 Å². The lowest BCUT2D eigenvalue weighted by atomic mass is 10.1. The zero-order valence-corrected chi connectivity index (χ0v) is 18.3. The predicted octanol–water partition coefficient (Wildman–Crippen LogP) is 3.04. The number of piperidine rings is 1. The topological polar surface area (TPSA) is 49.3 Å². The molecule has 0 atom stereocenters. The van der Waals surface area contributed by atoms with Gasteiger partial charge in [0.15, 0.2) is 5.96 Å². The molecule has 6 nitrogen and oxygen atoms in total. The van der Waals surface area contributed by atoms with Gasteiger partial charge in [-0.2, -0.15) is 0 Å². The lowest BCUT2D eigenvalue weighted by Crippen LogP contribution is -2.47. The second-order valence-corrected chi connectivity index (χ2v) is 7.58. The molecular formula is C22H38N4O2. The van der Waals surface area contributed by atoms with Gasteiger partial charge in [-0.3, -0.25) is 0 Å². The van der Waals surface area contributed by atoms with E-state index in [9.17, 15) is 0 Å². The molecule has 1 aromatic rings. The Morgan fingerprint density at radius 2 is 2.00 bits per heavy atom. The normalized spacial score (nSPS) is 15.8. The Morgan fingerprint density at radius 3 is 2.61 bits per heavy atom. The number of rotatable bonds is 9. The minimum atomic E-state index is 0.358. The summed E-state index contributed by atoms with van der Waals surface area (Å²) in [5.74, 6) is 1.01. The van der Waals surface area contributed by atoms with Gasteiger partial charge >= 0.3 is 0 Å². The summed E-state index contributed by atoms with van der Waals surface area (Å²) < 4.78 is 11.1. The Bertz CT molecular complexity index is 611. The Morgan fingerprint density at radius 1 is 1.25 bits per heavy atom. The van der Waals surface area contributed by atoms with Crippen molar-refractivity contribution in [2.24, 2.45) is 4.99 Å². The summed E-state index contributed by atoms with van der Waals surface area (Å²) >= 11 is 0. The third-order valence-corrected chi connectivity index (χ3v) is 5.16. The Kier molecular flexibility index (Phi) is 9.58. The first kappa shape index (κ1) is 22.5. The predicted molar refractivity (Wildman–Crippen MR) is 117 cm³/mol. The minimum Gasteiger partial charge on any atom is -0.385 e. The molecule has 0 unspecified atom stereocenters. The molecule has 2 rings (SSSR count). The van der Waals surface area contributed by atoms with E-state index in [-0.39, 0.29) is 0 Å². The average molecular weight is 391 g/mol. The van der Waals surface area contributed by atoms with Gasteiger partial charge in [0.2, 0.25) is 0 Å². The van der Waals surface area contributed by atoms with Crippen LogP contribution >= 0.6 is 0 Å². The Labute approximate surface area is 170 Å². The Balaban J connectivity index is 1.91. The standard InChI is InChI=1S/C22H38N4O2/c1-6-23-22(24-17-19-8-9-20(25(3)4)16-18(19)2)26-12-10-21(11-13-26)28-15-7-14-27-5/h8-9,16,21H,6-7,10-15,17H2,1-5H3,(H,23,24). The van der Waals surface area contributed by atoms with Crippen molar-refractivity contribution in [2.45, 2.75) is 45.8 Å². The van der Waals surface area contributed by atoms with Gasteiger partial charge in [0.25, 0.3) is 0 Å². The monoisotopic (exact) mass is 390 g/mol. The zero-order valence-electron chi connectivity index (χ0n) is 18.3. The molecule has 1 saturated heterocycles. The van der Waals surface area contributed by atoms with Gasteiger partial charge in [0.1, 0.15) is 0 Å². The molecule has 0 spiro atoms. The SMILES string of the molecule is CCNC(=NCc1ccc(N(C)C)cc1C)N1CCC(OCCCOC)CC1. The number of methoxy groups -OCH3 is 1. The summed E-state index contributed by atoms with van der Waals surface area (Å²) in [6.07, 6.45) is 3.42. The van der Waals surface area contributed by atoms with Crippen molar-refractivity contribution in [2.75, 3.05) is 59.0 Å². The molecule has 0 aliphatic carbocycles. The largest absolute Gasteiger partial charge is 0.385 e. The molecule has 0 bridgehead atoms. The highest BCUT2D eigenvalue weighted by molar-refractivity contribution is 5.80. The molecule has 0 saturated carbocycles. The molecular weight excluding hydrogens is 352 g/mol. The van der Waals surface area contributed by atoms with Gasteiger partial charge in [0, 0.05) is 59.7 Å². The molecule has 158 valence electrons. The number of aryl methyl sites for hydroxylation is 1. The molecule has 28 heavy (non-hydrogen) atoms. The van der Waals surface area contributed by atoms with Crippen molar-refractivity contribution in [3.05, 3.63) is 29.3 Å². The van der Waals surface area contributed by atoms with E-state index in [0.29, 0.717) is 12.6 Å². The number of ether oxygens (including phenoxy) is 2. The van der Waals surface area contributed by atoms with Crippen LogP contribution in [0.15, 0.2) is 23.2 Å². The van der Waals surface area contributed by atoms with Crippen LogP contribution in [0.1, 0.15) is 37.3 Å². The number of nitrogens with one attached hydrogen (secondary N) is 1. The van der Waals surface area contributed by atoms with Crippen LogP contribution in [0, 0.1) is 6.92 Å². The number of anilines is 1. The van der Waals surface area contributed by atoms with Gasteiger partial charge < -0.3 is 24.6 Å². The first-order valence-corrected chi connectivity index (χ1v) is 10.5. The van der Waals surface area contributed by atoms with Gasteiger partial charge in [-0.25, -0.2) is 4.99 Å². The second-order valence-electron chi connectivity index (χ2n) is 7.58. The number of hydrogen-bond donors (Lipinski definition) is 1. The van der Waals surface area contributed by atoms with Crippen molar-refractivity contribution < 1.29 is 9.47 Å². The van der Waals surface area contributed by atoms with Gasteiger partial charge in [-0.05, 0) is 56.4 Å². The molecule has 1 aromatic carbocycles. The van der Waals surface area contributed by atoms with Crippen molar-refractivity contribution in [1.82, 2.24) is 10.2 Å². The highest BCUT2D eigenvalue weighted by atomic mass is 16.5. The molecule has 1 aliphatic rings. The fourth-order valence-electron chi connectivity index (χ4n) is 3.41. The quantitative estimate of drug-likeness (QED) is 0.399.